The number of carbonyl (C=O) groups excluding carboxylic acids is 2. The fourth-order valence-corrected chi connectivity index (χ4v) is 1.70. The van der Waals surface area contributed by atoms with Gasteiger partial charge in [0.25, 0.3) is 0 Å². The molecule has 1 saturated heterocycles. The molecule has 1 aliphatic heterocycles. The molecule has 0 atom stereocenters. The molecule has 3 amide bonds. The van der Waals surface area contributed by atoms with E-state index in [2.05, 4.69) is 12.2 Å². The highest BCUT2D eigenvalue weighted by Gasteiger charge is 2.26. The molecule has 0 spiro atoms. The summed E-state index contributed by atoms with van der Waals surface area (Å²) in [6.07, 6.45) is 1.97. The summed E-state index contributed by atoms with van der Waals surface area (Å²) in [6.45, 7) is 4.55. The summed E-state index contributed by atoms with van der Waals surface area (Å²) in [5.41, 5.74) is 4.99. The second kappa shape index (κ2) is 5.81. The summed E-state index contributed by atoms with van der Waals surface area (Å²) in [5.74, 6) is -0.400. The average Bonchev–Trinajstić information content (AvgIpc) is 2.17. The zero-order valence-corrected chi connectivity index (χ0v) is 9.54. The van der Waals surface area contributed by atoms with Gasteiger partial charge in [0.2, 0.25) is 5.91 Å². The van der Waals surface area contributed by atoms with Crippen LogP contribution in [0.1, 0.15) is 19.8 Å². The number of nitrogens with one attached hydrogen (secondary N) is 2. The van der Waals surface area contributed by atoms with Crippen molar-refractivity contribution in [3.63, 3.8) is 0 Å². The van der Waals surface area contributed by atoms with Gasteiger partial charge in [-0.1, -0.05) is 6.92 Å². The molecule has 0 aromatic rings. The van der Waals surface area contributed by atoms with Gasteiger partial charge in [-0.2, -0.15) is 0 Å². The molecule has 0 radical (unpaired) electrons. The normalized spacial score (nSPS) is 19.1. The lowest BCUT2D eigenvalue weighted by Crippen LogP contribution is -2.44. The monoisotopic (exact) mass is 229 g/mol. The van der Waals surface area contributed by atoms with E-state index in [-0.39, 0.29) is 12.0 Å². The number of ether oxygens (including phenoxy) is 1. The molecule has 4 N–H and O–H groups in total. The van der Waals surface area contributed by atoms with Gasteiger partial charge in [0, 0.05) is 19.8 Å². The first kappa shape index (κ1) is 12.9. The fourth-order valence-electron chi connectivity index (χ4n) is 1.70. The van der Waals surface area contributed by atoms with E-state index in [0.29, 0.717) is 0 Å². The smallest absolute Gasteiger partial charge is 0.318 e. The molecule has 0 aliphatic carbocycles. The molecule has 0 aromatic heterocycles. The van der Waals surface area contributed by atoms with Crippen LogP contribution in [0.4, 0.5) is 4.79 Å². The second-order valence-corrected chi connectivity index (χ2v) is 4.44. The van der Waals surface area contributed by atoms with Crippen molar-refractivity contribution in [1.29, 1.82) is 0 Å². The fraction of sp³-hybridized carbons (Fsp3) is 0.800. The average molecular weight is 229 g/mol. The van der Waals surface area contributed by atoms with E-state index in [0.717, 1.165) is 32.6 Å². The number of urea groups is 1. The highest BCUT2D eigenvalue weighted by Crippen LogP contribution is 2.28. The quantitative estimate of drug-likeness (QED) is 0.610. The van der Waals surface area contributed by atoms with Crippen molar-refractivity contribution in [2.75, 3.05) is 26.3 Å². The third-order valence-electron chi connectivity index (χ3n) is 2.80. The summed E-state index contributed by atoms with van der Waals surface area (Å²) >= 11 is 0. The van der Waals surface area contributed by atoms with Gasteiger partial charge in [0.1, 0.15) is 0 Å². The Labute approximate surface area is 94.9 Å². The van der Waals surface area contributed by atoms with Crippen LogP contribution in [0.3, 0.4) is 0 Å². The first-order valence-electron chi connectivity index (χ1n) is 5.40. The number of carbonyl (C=O) groups is 2. The Morgan fingerprint density at radius 3 is 2.56 bits per heavy atom. The summed E-state index contributed by atoms with van der Waals surface area (Å²) in [6, 6.07) is -0.816. The number of rotatable bonds is 4. The molecule has 16 heavy (non-hydrogen) atoms. The van der Waals surface area contributed by atoms with Gasteiger partial charge in [-0.25, -0.2) is 4.79 Å². The molecule has 92 valence electrons. The van der Waals surface area contributed by atoms with E-state index in [1.54, 1.807) is 0 Å². The first-order valence-corrected chi connectivity index (χ1v) is 5.40. The Morgan fingerprint density at radius 2 is 2.00 bits per heavy atom. The van der Waals surface area contributed by atoms with Crippen molar-refractivity contribution in [1.82, 2.24) is 10.6 Å². The number of nitrogens with two attached hydrogens (primary N) is 1. The number of imide groups is 1. The summed E-state index contributed by atoms with van der Waals surface area (Å²) in [5, 5.41) is 5.03. The van der Waals surface area contributed by atoms with E-state index in [4.69, 9.17) is 10.5 Å². The lowest BCUT2D eigenvalue weighted by molar-refractivity contribution is -0.119. The molecule has 0 saturated carbocycles. The molecule has 1 aliphatic rings. The highest BCUT2D eigenvalue weighted by molar-refractivity contribution is 5.94. The summed E-state index contributed by atoms with van der Waals surface area (Å²) < 4.78 is 5.28. The van der Waals surface area contributed by atoms with Crippen LogP contribution in [0, 0.1) is 5.41 Å². The standard InChI is InChI=1S/C10H19N3O3/c1-10(2-4-16-5-3-10)7-12-6-8(14)13-9(11)15/h12H,2-7H2,1H3,(H3,11,13,14,15). The minimum absolute atomic E-state index is 0.111. The predicted molar refractivity (Wildman–Crippen MR) is 58.8 cm³/mol. The Bertz CT molecular complexity index is 262. The number of primary amides is 1. The minimum atomic E-state index is -0.816. The Hall–Kier alpha value is -1.14. The van der Waals surface area contributed by atoms with Gasteiger partial charge in [0.05, 0.1) is 6.54 Å². The lowest BCUT2D eigenvalue weighted by atomic mass is 9.82. The molecule has 6 heteroatoms. The van der Waals surface area contributed by atoms with E-state index < -0.39 is 11.9 Å². The van der Waals surface area contributed by atoms with Gasteiger partial charge in [0.15, 0.2) is 0 Å². The van der Waals surface area contributed by atoms with E-state index in [1.165, 1.54) is 0 Å². The molecule has 6 nitrogen and oxygen atoms in total. The van der Waals surface area contributed by atoms with Crippen molar-refractivity contribution in [3.05, 3.63) is 0 Å². The topological polar surface area (TPSA) is 93.5 Å². The Morgan fingerprint density at radius 1 is 1.38 bits per heavy atom. The maximum Gasteiger partial charge on any atom is 0.318 e. The van der Waals surface area contributed by atoms with Crippen LogP contribution in [0.15, 0.2) is 0 Å². The van der Waals surface area contributed by atoms with Crippen LogP contribution in [-0.4, -0.2) is 38.2 Å². The van der Waals surface area contributed by atoms with Crippen molar-refractivity contribution < 1.29 is 14.3 Å². The Balaban J connectivity index is 2.18. The first-order chi connectivity index (χ1) is 7.52. The molecule has 1 fully saturated rings. The molecule has 1 rings (SSSR count). The zero-order chi connectivity index (χ0) is 12.0. The maximum absolute atomic E-state index is 11.1. The maximum atomic E-state index is 11.1. The van der Waals surface area contributed by atoms with Gasteiger partial charge in [-0.05, 0) is 18.3 Å². The van der Waals surface area contributed by atoms with E-state index in [9.17, 15) is 9.59 Å². The van der Waals surface area contributed by atoms with Crippen LogP contribution in [0.25, 0.3) is 0 Å². The highest BCUT2D eigenvalue weighted by atomic mass is 16.5. The summed E-state index contributed by atoms with van der Waals surface area (Å²) in [4.78, 5) is 21.5. The zero-order valence-electron chi connectivity index (χ0n) is 9.54. The van der Waals surface area contributed by atoms with Crippen LogP contribution >= 0.6 is 0 Å². The Kier molecular flexibility index (Phi) is 4.70. The van der Waals surface area contributed by atoms with Crippen molar-refractivity contribution in [3.8, 4) is 0 Å². The van der Waals surface area contributed by atoms with Gasteiger partial charge >= 0.3 is 6.03 Å². The van der Waals surface area contributed by atoms with Gasteiger partial charge < -0.3 is 15.8 Å². The van der Waals surface area contributed by atoms with Crippen molar-refractivity contribution in [2.24, 2.45) is 11.1 Å². The number of hydrogen-bond acceptors (Lipinski definition) is 4. The molecular formula is C10H19N3O3. The number of amides is 3. The van der Waals surface area contributed by atoms with Gasteiger partial charge in [-0.3, -0.25) is 10.1 Å². The second-order valence-electron chi connectivity index (χ2n) is 4.44. The van der Waals surface area contributed by atoms with Gasteiger partial charge in [-0.15, -0.1) is 0 Å². The van der Waals surface area contributed by atoms with E-state index >= 15 is 0 Å². The molecule has 0 bridgehead atoms. The van der Waals surface area contributed by atoms with Crippen LogP contribution in [0.2, 0.25) is 0 Å². The lowest BCUT2D eigenvalue weighted by Gasteiger charge is -2.33. The molecule has 1 heterocycles. The van der Waals surface area contributed by atoms with Crippen molar-refractivity contribution >= 4 is 11.9 Å². The van der Waals surface area contributed by atoms with Crippen LogP contribution in [-0.2, 0) is 9.53 Å². The SMILES string of the molecule is CC1(CNCC(=O)NC(N)=O)CCOCC1. The third-order valence-corrected chi connectivity index (χ3v) is 2.80. The number of hydrogen-bond donors (Lipinski definition) is 3. The summed E-state index contributed by atoms with van der Waals surface area (Å²) in [7, 11) is 0. The van der Waals surface area contributed by atoms with E-state index in [1.807, 2.05) is 5.32 Å². The molecule has 0 unspecified atom stereocenters. The largest absolute Gasteiger partial charge is 0.381 e. The van der Waals surface area contributed by atoms with Crippen LogP contribution < -0.4 is 16.4 Å². The molecular weight excluding hydrogens is 210 g/mol. The van der Waals surface area contributed by atoms with Crippen LogP contribution in [0.5, 0.6) is 0 Å². The minimum Gasteiger partial charge on any atom is -0.381 e. The predicted octanol–water partition coefficient (Wildman–Crippen LogP) is -0.412. The third kappa shape index (κ3) is 4.59. The molecule has 0 aromatic carbocycles. The van der Waals surface area contributed by atoms with Crippen molar-refractivity contribution in [2.45, 2.75) is 19.8 Å².